The third-order valence-electron chi connectivity index (χ3n) is 5.58. The minimum atomic E-state index is 0.0751. The maximum absolute atomic E-state index is 11.6. The summed E-state index contributed by atoms with van der Waals surface area (Å²) >= 11 is 0. The number of carbonyl (C=O) groups is 1. The number of ether oxygens (including phenoxy) is 3. The lowest BCUT2D eigenvalue weighted by atomic mass is 10.0. The van der Waals surface area contributed by atoms with E-state index in [9.17, 15) is 4.79 Å². The molecule has 7 heteroatoms. The smallest absolute Gasteiger partial charge is 0.137 e. The maximum atomic E-state index is 11.6. The fourth-order valence-corrected chi connectivity index (χ4v) is 3.44. The van der Waals surface area contributed by atoms with Crippen LogP contribution in [0.4, 0.5) is 0 Å². The first-order valence-electron chi connectivity index (χ1n) is 12.7. The molecule has 0 unspecified atom stereocenters. The predicted octanol–water partition coefficient (Wildman–Crippen LogP) is 4.92. The van der Waals surface area contributed by atoms with Crippen LogP contribution in [0.25, 0.3) is 0 Å². The molecule has 0 saturated heterocycles. The molecule has 34 heavy (non-hydrogen) atoms. The largest absolute Gasteiger partial charge is 0.491 e. The minimum absolute atomic E-state index is 0.0751. The topological polar surface area (TPSA) is 75.5 Å². The molecule has 0 aliphatic rings. The second-order valence-corrected chi connectivity index (χ2v) is 9.45. The molecule has 0 aliphatic carbocycles. The molecular weight excluding hydrogens is 430 g/mol. The Balaban J connectivity index is 1.53. The zero-order valence-electron chi connectivity index (χ0n) is 21.5. The monoisotopic (exact) mass is 473 g/mol. The second-order valence-electron chi connectivity index (χ2n) is 9.45. The van der Waals surface area contributed by atoms with Crippen molar-refractivity contribution in [3.63, 3.8) is 0 Å². The van der Waals surface area contributed by atoms with Crippen LogP contribution in [-0.4, -0.2) is 53.8 Å². The summed E-state index contributed by atoms with van der Waals surface area (Å²) in [7, 11) is 0. The standard InChI is InChI=1S/C27H43N3O4/c1-22(2)8-5-6-10-25-21-30(29-28-25)14-17-33-18-19-34-26-11-7-9-24(20-26)12-15-32-16-13-27(31)23(3)4/h7,9,11,20-23H,5-6,8,10,12-19H2,1-4H3. The fourth-order valence-electron chi connectivity index (χ4n) is 3.44. The van der Waals surface area contributed by atoms with Gasteiger partial charge in [-0.25, -0.2) is 4.68 Å². The summed E-state index contributed by atoms with van der Waals surface area (Å²) in [5.74, 6) is 1.91. The van der Waals surface area contributed by atoms with E-state index in [4.69, 9.17) is 14.2 Å². The first-order valence-corrected chi connectivity index (χ1v) is 12.7. The Morgan fingerprint density at radius 1 is 0.971 bits per heavy atom. The number of ketones is 1. The Bertz CT molecular complexity index is 820. The number of hydrogen-bond donors (Lipinski definition) is 0. The van der Waals surface area contributed by atoms with E-state index in [1.165, 1.54) is 12.8 Å². The fraction of sp³-hybridized carbons (Fsp3) is 0.667. The van der Waals surface area contributed by atoms with Crippen LogP contribution in [0.15, 0.2) is 30.5 Å². The Hall–Kier alpha value is -2.25. The lowest BCUT2D eigenvalue weighted by Gasteiger charge is -2.09. The van der Waals surface area contributed by atoms with Gasteiger partial charge < -0.3 is 14.2 Å². The Morgan fingerprint density at radius 2 is 1.79 bits per heavy atom. The van der Waals surface area contributed by atoms with Crippen molar-refractivity contribution in [1.29, 1.82) is 0 Å². The normalized spacial score (nSPS) is 11.5. The first-order chi connectivity index (χ1) is 16.4. The van der Waals surface area contributed by atoms with Crippen molar-refractivity contribution in [3.8, 4) is 5.75 Å². The van der Waals surface area contributed by atoms with Crippen LogP contribution in [-0.2, 0) is 33.7 Å². The van der Waals surface area contributed by atoms with E-state index in [1.807, 2.05) is 42.9 Å². The number of aromatic nitrogens is 3. The van der Waals surface area contributed by atoms with Gasteiger partial charge in [0.05, 0.1) is 38.7 Å². The van der Waals surface area contributed by atoms with Crippen molar-refractivity contribution in [2.75, 3.05) is 33.0 Å². The zero-order chi connectivity index (χ0) is 24.6. The van der Waals surface area contributed by atoms with E-state index in [2.05, 4.69) is 30.2 Å². The maximum Gasteiger partial charge on any atom is 0.137 e. The molecule has 7 nitrogen and oxygen atoms in total. The number of nitrogens with zero attached hydrogens (tertiary/aromatic N) is 3. The third kappa shape index (κ3) is 12.3. The molecule has 0 aliphatic heterocycles. The summed E-state index contributed by atoms with van der Waals surface area (Å²) in [5.41, 5.74) is 2.21. The van der Waals surface area contributed by atoms with Crippen LogP contribution in [0.1, 0.15) is 64.6 Å². The summed E-state index contributed by atoms with van der Waals surface area (Å²) in [5, 5.41) is 8.44. The molecule has 190 valence electrons. The molecule has 1 aromatic heterocycles. The summed E-state index contributed by atoms with van der Waals surface area (Å²) in [6.07, 6.45) is 7.96. The van der Waals surface area contributed by atoms with Crippen molar-refractivity contribution >= 4 is 5.78 Å². The minimum Gasteiger partial charge on any atom is -0.491 e. The number of aryl methyl sites for hydroxylation is 1. The van der Waals surface area contributed by atoms with E-state index in [1.54, 1.807) is 0 Å². The van der Waals surface area contributed by atoms with Gasteiger partial charge >= 0.3 is 0 Å². The number of rotatable bonds is 19. The number of unbranched alkanes of at least 4 members (excludes halogenated alkanes) is 1. The van der Waals surface area contributed by atoms with Crippen molar-refractivity contribution in [1.82, 2.24) is 15.0 Å². The van der Waals surface area contributed by atoms with Crippen LogP contribution in [0.2, 0.25) is 0 Å². The molecule has 2 rings (SSSR count). The van der Waals surface area contributed by atoms with Crippen LogP contribution in [0, 0.1) is 11.8 Å². The van der Waals surface area contributed by atoms with Crippen molar-refractivity contribution in [3.05, 3.63) is 41.7 Å². The van der Waals surface area contributed by atoms with Gasteiger partial charge in [0, 0.05) is 18.5 Å². The van der Waals surface area contributed by atoms with E-state index in [0.717, 1.165) is 42.2 Å². The highest BCUT2D eigenvalue weighted by Gasteiger charge is 2.06. The Kier molecular flexibility index (Phi) is 13.5. The van der Waals surface area contributed by atoms with Crippen molar-refractivity contribution in [2.45, 2.75) is 72.8 Å². The molecule has 2 aromatic rings. The van der Waals surface area contributed by atoms with E-state index < -0.39 is 0 Å². The van der Waals surface area contributed by atoms with Gasteiger partial charge in [0.2, 0.25) is 0 Å². The van der Waals surface area contributed by atoms with Crippen LogP contribution >= 0.6 is 0 Å². The molecule has 0 saturated carbocycles. The van der Waals surface area contributed by atoms with Crippen molar-refractivity contribution < 1.29 is 19.0 Å². The second kappa shape index (κ2) is 16.4. The van der Waals surface area contributed by atoms with Gasteiger partial charge in [0.15, 0.2) is 0 Å². The SMILES string of the molecule is CC(C)CCCCc1cn(CCOCCOc2cccc(CCOCCC(=O)C(C)C)c2)nn1. The number of benzene rings is 1. The summed E-state index contributed by atoms with van der Waals surface area (Å²) in [6, 6.07) is 8.02. The zero-order valence-corrected chi connectivity index (χ0v) is 21.5. The number of hydrogen-bond acceptors (Lipinski definition) is 6. The van der Waals surface area contributed by atoms with E-state index in [-0.39, 0.29) is 11.7 Å². The van der Waals surface area contributed by atoms with E-state index >= 15 is 0 Å². The van der Waals surface area contributed by atoms with Crippen molar-refractivity contribution in [2.24, 2.45) is 11.8 Å². The molecule has 0 radical (unpaired) electrons. The molecule has 0 bridgehead atoms. The summed E-state index contributed by atoms with van der Waals surface area (Å²) < 4.78 is 19.0. The molecular formula is C27H43N3O4. The van der Waals surface area contributed by atoms with Gasteiger partial charge in [-0.15, -0.1) is 5.10 Å². The van der Waals surface area contributed by atoms with Crippen LogP contribution in [0.5, 0.6) is 5.75 Å². The Labute approximate surface area is 205 Å². The molecule has 0 amide bonds. The molecule has 0 N–H and O–H groups in total. The van der Waals surface area contributed by atoms with Gasteiger partial charge in [0.25, 0.3) is 0 Å². The molecule has 1 heterocycles. The molecule has 0 atom stereocenters. The molecule has 0 fully saturated rings. The highest BCUT2D eigenvalue weighted by Crippen LogP contribution is 2.14. The lowest BCUT2D eigenvalue weighted by molar-refractivity contribution is -0.122. The highest BCUT2D eigenvalue weighted by atomic mass is 16.5. The predicted molar refractivity (Wildman–Crippen MR) is 134 cm³/mol. The van der Waals surface area contributed by atoms with Gasteiger partial charge in [0.1, 0.15) is 18.1 Å². The average Bonchev–Trinajstić information content (AvgIpc) is 3.26. The van der Waals surface area contributed by atoms with Gasteiger partial charge in [-0.1, -0.05) is 57.9 Å². The third-order valence-corrected chi connectivity index (χ3v) is 5.58. The van der Waals surface area contributed by atoms with Crippen LogP contribution in [0.3, 0.4) is 0 Å². The average molecular weight is 474 g/mol. The number of Topliss-reactive ketones (excluding diaryl/α,β-unsaturated/α-hetero) is 1. The first kappa shape index (κ1) is 28.0. The van der Waals surface area contributed by atoms with Crippen LogP contribution < -0.4 is 4.74 Å². The quantitative estimate of drug-likeness (QED) is 0.270. The summed E-state index contributed by atoms with van der Waals surface area (Å²) in [4.78, 5) is 11.6. The number of carbonyl (C=O) groups excluding carboxylic acids is 1. The van der Waals surface area contributed by atoms with Gasteiger partial charge in [-0.05, 0) is 42.9 Å². The van der Waals surface area contributed by atoms with Gasteiger partial charge in [-0.3, -0.25) is 4.79 Å². The van der Waals surface area contributed by atoms with E-state index in [0.29, 0.717) is 46.0 Å². The molecule has 1 aromatic carbocycles. The Morgan fingerprint density at radius 3 is 2.59 bits per heavy atom. The molecule has 0 spiro atoms. The summed E-state index contributed by atoms with van der Waals surface area (Å²) in [6.45, 7) is 11.7. The highest BCUT2D eigenvalue weighted by molar-refractivity contribution is 5.80. The lowest BCUT2D eigenvalue weighted by Crippen LogP contribution is -2.12. The van der Waals surface area contributed by atoms with Gasteiger partial charge in [-0.2, -0.15) is 0 Å².